The van der Waals surface area contributed by atoms with E-state index in [9.17, 15) is 22.8 Å². The molecule has 0 aliphatic carbocycles. The highest BCUT2D eigenvalue weighted by molar-refractivity contribution is 7.90. The van der Waals surface area contributed by atoms with Crippen molar-refractivity contribution in [2.75, 3.05) is 20.2 Å². The van der Waals surface area contributed by atoms with Crippen molar-refractivity contribution in [3.05, 3.63) is 59.7 Å². The van der Waals surface area contributed by atoms with Gasteiger partial charge < -0.3 is 15.0 Å². The number of amides is 3. The normalized spacial score (nSPS) is 15.0. The number of sulfonamides is 1. The minimum absolute atomic E-state index is 0.0285. The molecule has 0 bridgehead atoms. The van der Waals surface area contributed by atoms with E-state index in [-0.39, 0.29) is 22.9 Å². The molecule has 1 heterocycles. The maximum atomic E-state index is 13.3. The van der Waals surface area contributed by atoms with Gasteiger partial charge in [0.2, 0.25) is 11.8 Å². The molecule has 10 heteroatoms. The fraction of sp³-hybridized carbons (Fsp3) is 0.348. The van der Waals surface area contributed by atoms with Gasteiger partial charge in [0.15, 0.2) is 0 Å². The first-order chi connectivity index (χ1) is 15.7. The molecule has 2 aromatic rings. The van der Waals surface area contributed by atoms with E-state index in [4.69, 9.17) is 4.74 Å². The Kier molecular flexibility index (Phi) is 7.37. The van der Waals surface area contributed by atoms with Gasteiger partial charge in [-0.3, -0.25) is 14.4 Å². The molecule has 0 saturated heterocycles. The van der Waals surface area contributed by atoms with Crippen LogP contribution in [0.25, 0.3) is 0 Å². The summed E-state index contributed by atoms with van der Waals surface area (Å²) in [6.07, 6.45) is 0.726. The summed E-state index contributed by atoms with van der Waals surface area (Å²) in [4.78, 5) is 39.8. The molecule has 0 saturated carbocycles. The number of hydrogen-bond acceptors (Lipinski definition) is 6. The molecule has 1 atom stereocenters. The summed E-state index contributed by atoms with van der Waals surface area (Å²) in [6, 6.07) is 11.9. The second kappa shape index (κ2) is 10.0. The summed E-state index contributed by atoms with van der Waals surface area (Å²) in [5.74, 6) is -1.14. The average Bonchev–Trinajstić information content (AvgIpc) is 3.01. The second-order valence-corrected chi connectivity index (χ2v) is 9.48. The van der Waals surface area contributed by atoms with Gasteiger partial charge in [-0.05, 0) is 43.2 Å². The number of benzene rings is 2. The van der Waals surface area contributed by atoms with E-state index in [1.165, 1.54) is 30.2 Å². The molecule has 0 aromatic heterocycles. The van der Waals surface area contributed by atoms with Gasteiger partial charge in [-0.15, -0.1) is 0 Å². The highest BCUT2D eigenvalue weighted by atomic mass is 32.2. The van der Waals surface area contributed by atoms with Gasteiger partial charge >= 0.3 is 0 Å². The topological polar surface area (TPSA) is 113 Å². The Balaban J connectivity index is 1.87. The van der Waals surface area contributed by atoms with Crippen LogP contribution in [0.4, 0.5) is 0 Å². The highest BCUT2D eigenvalue weighted by Crippen LogP contribution is 2.30. The minimum Gasteiger partial charge on any atom is -0.497 e. The Bertz CT molecular complexity index is 1150. The van der Waals surface area contributed by atoms with Crippen LogP contribution >= 0.6 is 0 Å². The predicted octanol–water partition coefficient (Wildman–Crippen LogP) is 1.78. The first kappa shape index (κ1) is 24.2. The Morgan fingerprint density at radius 2 is 1.79 bits per heavy atom. The SMILES string of the molecule is CCCNC(=O)C(C)N(Cc1ccc(OC)cc1)C(=O)CN1C(=O)c2ccccc2S1(=O)=O. The van der Waals surface area contributed by atoms with Gasteiger partial charge in [0.05, 0.1) is 12.7 Å². The van der Waals surface area contributed by atoms with Gasteiger partial charge in [-0.1, -0.05) is 31.2 Å². The van der Waals surface area contributed by atoms with E-state index in [1.54, 1.807) is 37.3 Å². The van der Waals surface area contributed by atoms with Crippen LogP contribution in [0.1, 0.15) is 36.2 Å². The Labute approximate surface area is 193 Å². The van der Waals surface area contributed by atoms with Gasteiger partial charge in [-0.2, -0.15) is 0 Å². The van der Waals surface area contributed by atoms with Crippen LogP contribution in [0.3, 0.4) is 0 Å². The maximum absolute atomic E-state index is 13.3. The number of fused-ring (bicyclic) bond motifs is 1. The molecule has 33 heavy (non-hydrogen) atoms. The van der Waals surface area contributed by atoms with Crippen LogP contribution in [-0.4, -0.2) is 61.6 Å². The predicted molar refractivity (Wildman–Crippen MR) is 121 cm³/mol. The van der Waals surface area contributed by atoms with E-state index in [0.717, 1.165) is 12.0 Å². The first-order valence-electron chi connectivity index (χ1n) is 10.6. The van der Waals surface area contributed by atoms with Crippen LogP contribution < -0.4 is 10.1 Å². The molecule has 0 fully saturated rings. The molecule has 2 aromatic carbocycles. The largest absolute Gasteiger partial charge is 0.497 e. The fourth-order valence-corrected chi connectivity index (χ4v) is 5.03. The van der Waals surface area contributed by atoms with Crippen molar-refractivity contribution >= 4 is 27.7 Å². The fourth-order valence-electron chi connectivity index (χ4n) is 3.51. The Hall–Kier alpha value is -3.40. The van der Waals surface area contributed by atoms with Crippen LogP contribution in [0.5, 0.6) is 5.75 Å². The molecule has 3 rings (SSSR count). The van der Waals surface area contributed by atoms with Gasteiger partial charge in [0.1, 0.15) is 23.2 Å². The molecule has 176 valence electrons. The molecule has 9 nitrogen and oxygen atoms in total. The first-order valence-corrected chi connectivity index (χ1v) is 12.0. The van der Waals surface area contributed by atoms with E-state index in [2.05, 4.69) is 5.32 Å². The zero-order chi connectivity index (χ0) is 24.2. The Morgan fingerprint density at radius 1 is 1.12 bits per heavy atom. The molecule has 1 aliphatic heterocycles. The summed E-state index contributed by atoms with van der Waals surface area (Å²) in [5, 5.41) is 2.75. The van der Waals surface area contributed by atoms with E-state index in [0.29, 0.717) is 16.6 Å². The summed E-state index contributed by atoms with van der Waals surface area (Å²) >= 11 is 0. The summed E-state index contributed by atoms with van der Waals surface area (Å²) in [6.45, 7) is 3.28. The summed E-state index contributed by atoms with van der Waals surface area (Å²) in [5.41, 5.74) is 0.749. The van der Waals surface area contributed by atoms with Crippen molar-refractivity contribution in [1.29, 1.82) is 0 Å². The lowest BCUT2D eigenvalue weighted by molar-refractivity contribution is -0.140. The van der Waals surface area contributed by atoms with E-state index in [1.807, 2.05) is 6.92 Å². The third kappa shape index (κ3) is 5.00. The number of methoxy groups -OCH3 is 1. The molecule has 3 amide bonds. The molecule has 0 radical (unpaired) electrons. The molecular formula is C23H27N3O6S. The van der Waals surface area contributed by atoms with Gasteiger partial charge in [0.25, 0.3) is 15.9 Å². The van der Waals surface area contributed by atoms with Crippen molar-refractivity contribution in [2.24, 2.45) is 0 Å². The zero-order valence-electron chi connectivity index (χ0n) is 18.8. The van der Waals surface area contributed by atoms with E-state index < -0.39 is 34.4 Å². The third-order valence-electron chi connectivity index (χ3n) is 5.42. The third-order valence-corrected chi connectivity index (χ3v) is 7.21. The number of hydrogen-bond donors (Lipinski definition) is 1. The molecular weight excluding hydrogens is 446 g/mol. The van der Waals surface area contributed by atoms with Crippen LogP contribution in [-0.2, 0) is 26.2 Å². The summed E-state index contributed by atoms with van der Waals surface area (Å²) < 4.78 is 31.5. The van der Waals surface area contributed by atoms with Crippen LogP contribution in [0.15, 0.2) is 53.4 Å². The average molecular weight is 474 g/mol. The Morgan fingerprint density at radius 3 is 2.39 bits per heavy atom. The van der Waals surface area contributed by atoms with Crippen LogP contribution in [0, 0.1) is 0 Å². The molecule has 1 unspecified atom stereocenters. The number of carbonyl (C=O) groups excluding carboxylic acids is 3. The number of rotatable bonds is 9. The molecule has 1 N–H and O–H groups in total. The summed E-state index contributed by atoms with van der Waals surface area (Å²) in [7, 11) is -2.61. The van der Waals surface area contributed by atoms with Crippen molar-refractivity contribution < 1.29 is 27.5 Å². The lowest BCUT2D eigenvalue weighted by atomic mass is 10.1. The standard InChI is InChI=1S/C23H27N3O6S/c1-4-13-24-22(28)16(2)25(14-17-9-11-18(32-3)12-10-17)21(27)15-26-23(29)19-7-5-6-8-20(19)33(26,30)31/h5-12,16H,4,13-15H2,1-3H3,(H,24,28). The molecule has 0 spiro atoms. The maximum Gasteiger partial charge on any atom is 0.269 e. The lowest BCUT2D eigenvalue weighted by Crippen LogP contribution is -2.51. The second-order valence-electron chi connectivity index (χ2n) is 7.65. The van der Waals surface area contributed by atoms with Gasteiger partial charge in [-0.25, -0.2) is 12.7 Å². The number of nitrogens with one attached hydrogen (secondary N) is 1. The van der Waals surface area contributed by atoms with Crippen molar-refractivity contribution in [2.45, 2.75) is 37.8 Å². The quantitative estimate of drug-likeness (QED) is 0.594. The zero-order valence-corrected chi connectivity index (χ0v) is 19.6. The highest BCUT2D eigenvalue weighted by Gasteiger charge is 2.43. The van der Waals surface area contributed by atoms with Gasteiger partial charge in [0, 0.05) is 13.1 Å². The van der Waals surface area contributed by atoms with E-state index >= 15 is 0 Å². The molecule has 1 aliphatic rings. The minimum atomic E-state index is -4.15. The lowest BCUT2D eigenvalue weighted by Gasteiger charge is -2.30. The van der Waals surface area contributed by atoms with Crippen molar-refractivity contribution in [3.8, 4) is 5.75 Å². The van der Waals surface area contributed by atoms with Crippen molar-refractivity contribution in [1.82, 2.24) is 14.5 Å². The number of ether oxygens (including phenoxy) is 1. The monoisotopic (exact) mass is 473 g/mol. The number of nitrogens with zero attached hydrogens (tertiary/aromatic N) is 2. The van der Waals surface area contributed by atoms with Crippen LogP contribution in [0.2, 0.25) is 0 Å². The number of carbonyl (C=O) groups is 3. The van der Waals surface area contributed by atoms with Crippen molar-refractivity contribution in [3.63, 3.8) is 0 Å². The smallest absolute Gasteiger partial charge is 0.269 e.